The Bertz CT molecular complexity index is 1130. The molecule has 4 aromatic rings. The van der Waals surface area contributed by atoms with Crippen molar-refractivity contribution in [1.29, 1.82) is 0 Å². The Hall–Kier alpha value is -4.06. The third-order valence-electron chi connectivity index (χ3n) is 4.41. The first-order chi connectivity index (χ1) is 13.6. The molecule has 0 radical (unpaired) electrons. The molecule has 6 heteroatoms. The number of imidazole rings is 1. The monoisotopic (exact) mass is 369 g/mol. The summed E-state index contributed by atoms with van der Waals surface area (Å²) in [5.41, 5.74) is 3.41. The van der Waals surface area contributed by atoms with Gasteiger partial charge in [-0.1, -0.05) is 60.7 Å². The molecular weight excluding hydrogens is 354 g/mol. The van der Waals surface area contributed by atoms with E-state index in [2.05, 4.69) is 4.98 Å². The normalized spacial score (nSPS) is 10.6. The van der Waals surface area contributed by atoms with Crippen molar-refractivity contribution in [2.24, 2.45) is 0 Å². The molecule has 4 rings (SSSR count). The van der Waals surface area contributed by atoms with Crippen LogP contribution in [0.3, 0.4) is 0 Å². The van der Waals surface area contributed by atoms with Gasteiger partial charge in [0, 0.05) is 28.8 Å². The lowest BCUT2D eigenvalue weighted by atomic mass is 10.0. The molecule has 0 amide bonds. The Morgan fingerprint density at radius 2 is 1.39 bits per heavy atom. The molecule has 136 valence electrons. The van der Waals surface area contributed by atoms with E-state index < -0.39 is 4.92 Å². The van der Waals surface area contributed by atoms with Gasteiger partial charge in [-0.05, 0) is 12.1 Å². The van der Waals surface area contributed by atoms with Crippen molar-refractivity contribution in [3.05, 3.63) is 107 Å². The van der Waals surface area contributed by atoms with Gasteiger partial charge >= 0.3 is 0 Å². The minimum absolute atomic E-state index is 0.0598. The van der Waals surface area contributed by atoms with Gasteiger partial charge in [-0.15, -0.1) is 0 Å². The van der Waals surface area contributed by atoms with E-state index in [1.54, 1.807) is 0 Å². The fourth-order valence-corrected chi connectivity index (χ4v) is 3.05. The van der Waals surface area contributed by atoms with Gasteiger partial charge in [0.05, 0.1) is 16.3 Å². The third-order valence-corrected chi connectivity index (χ3v) is 4.41. The molecule has 1 heterocycles. The first kappa shape index (κ1) is 17.4. The van der Waals surface area contributed by atoms with Gasteiger partial charge in [-0.2, -0.15) is 0 Å². The Kier molecular flexibility index (Phi) is 4.51. The molecule has 0 aliphatic rings. The highest BCUT2D eigenvalue weighted by atomic mass is 16.6. The number of hydrogen-bond acceptors (Lipinski definition) is 4. The Morgan fingerprint density at radius 1 is 0.821 bits per heavy atom. The van der Waals surface area contributed by atoms with Crippen molar-refractivity contribution < 1.29 is 9.72 Å². The van der Waals surface area contributed by atoms with Gasteiger partial charge < -0.3 is 0 Å². The van der Waals surface area contributed by atoms with Crippen molar-refractivity contribution in [3.63, 3.8) is 0 Å². The molecule has 0 atom stereocenters. The zero-order valence-corrected chi connectivity index (χ0v) is 14.7. The predicted octanol–water partition coefficient (Wildman–Crippen LogP) is 4.81. The lowest BCUT2D eigenvalue weighted by molar-refractivity contribution is -0.384. The summed E-state index contributed by atoms with van der Waals surface area (Å²) in [5, 5.41) is 10.9. The summed E-state index contributed by atoms with van der Waals surface area (Å²) in [4.78, 5) is 28.0. The lowest BCUT2D eigenvalue weighted by Gasteiger charge is -2.10. The molecule has 0 unspecified atom stereocenters. The van der Waals surface area contributed by atoms with E-state index in [0.29, 0.717) is 17.0 Å². The highest BCUT2D eigenvalue weighted by Crippen LogP contribution is 2.31. The van der Waals surface area contributed by atoms with Crippen LogP contribution in [0.15, 0.2) is 91.3 Å². The van der Waals surface area contributed by atoms with Crippen molar-refractivity contribution in [1.82, 2.24) is 9.55 Å². The molecule has 1 aromatic heterocycles. The fraction of sp³-hybridized carbons (Fsp3) is 0. The number of nitro groups is 1. The van der Waals surface area contributed by atoms with Gasteiger partial charge in [0.25, 0.3) is 11.6 Å². The number of non-ortho nitro benzene ring substituents is 1. The summed E-state index contributed by atoms with van der Waals surface area (Å²) in [6.45, 7) is 0. The molecule has 0 saturated heterocycles. The molecule has 0 aliphatic heterocycles. The van der Waals surface area contributed by atoms with Crippen molar-refractivity contribution in [3.8, 4) is 22.5 Å². The number of carbonyl (C=O) groups excluding carboxylic acids is 1. The zero-order chi connectivity index (χ0) is 19.5. The highest BCUT2D eigenvalue weighted by Gasteiger charge is 2.20. The maximum atomic E-state index is 13.1. The maximum absolute atomic E-state index is 13.1. The van der Waals surface area contributed by atoms with Crippen LogP contribution in [-0.2, 0) is 0 Å². The predicted molar refractivity (Wildman–Crippen MR) is 106 cm³/mol. The minimum atomic E-state index is -0.492. The van der Waals surface area contributed by atoms with Crippen molar-refractivity contribution in [2.75, 3.05) is 0 Å². The van der Waals surface area contributed by atoms with Crippen LogP contribution in [0.1, 0.15) is 10.4 Å². The van der Waals surface area contributed by atoms with Crippen LogP contribution >= 0.6 is 0 Å². The zero-order valence-electron chi connectivity index (χ0n) is 14.7. The maximum Gasteiger partial charge on any atom is 0.269 e. The molecule has 0 N–H and O–H groups in total. The molecule has 28 heavy (non-hydrogen) atoms. The van der Waals surface area contributed by atoms with Crippen LogP contribution in [0, 0.1) is 10.1 Å². The molecule has 0 spiro atoms. The summed E-state index contributed by atoms with van der Waals surface area (Å²) >= 11 is 0. The number of hydrogen-bond donors (Lipinski definition) is 0. The largest absolute Gasteiger partial charge is 0.269 e. The van der Waals surface area contributed by atoms with E-state index in [4.69, 9.17) is 0 Å². The molecular formula is C22H15N3O3. The quantitative estimate of drug-likeness (QED) is 0.382. The number of benzene rings is 3. The van der Waals surface area contributed by atoms with Crippen LogP contribution in [0.25, 0.3) is 22.5 Å². The molecule has 0 bridgehead atoms. The SMILES string of the molecule is O=C(c1ccc([N+](=O)[O-])cc1)n1cnc(-c2ccccc2)c1-c1ccccc1. The van der Waals surface area contributed by atoms with E-state index in [1.807, 2.05) is 60.7 Å². The van der Waals surface area contributed by atoms with Gasteiger partial charge in [-0.25, -0.2) is 4.98 Å². The van der Waals surface area contributed by atoms with Crippen LogP contribution in [0.2, 0.25) is 0 Å². The standard InChI is InChI=1S/C22H15N3O3/c26-22(18-11-13-19(14-12-18)25(27)28)24-15-23-20(16-7-3-1-4-8-16)21(24)17-9-5-2-6-10-17/h1-15H. The van der Waals surface area contributed by atoms with Gasteiger partial charge in [-0.3, -0.25) is 19.5 Å². The van der Waals surface area contributed by atoms with Gasteiger partial charge in [0.1, 0.15) is 6.33 Å². The molecule has 0 saturated carbocycles. The first-order valence-corrected chi connectivity index (χ1v) is 8.62. The molecule has 3 aromatic carbocycles. The van der Waals surface area contributed by atoms with Gasteiger partial charge in [0.15, 0.2) is 0 Å². The van der Waals surface area contributed by atoms with Crippen molar-refractivity contribution in [2.45, 2.75) is 0 Å². The van der Waals surface area contributed by atoms with Gasteiger partial charge in [0.2, 0.25) is 0 Å². The summed E-state index contributed by atoms with van der Waals surface area (Å²) in [6.07, 6.45) is 1.49. The Labute approximate surface area is 160 Å². The smallest absolute Gasteiger partial charge is 0.268 e. The van der Waals surface area contributed by atoms with E-state index in [9.17, 15) is 14.9 Å². The van der Waals surface area contributed by atoms with Crippen molar-refractivity contribution >= 4 is 11.6 Å². The van der Waals surface area contributed by atoms with Crippen LogP contribution in [0.5, 0.6) is 0 Å². The molecule has 0 fully saturated rings. The van der Waals surface area contributed by atoms with E-state index in [1.165, 1.54) is 35.2 Å². The minimum Gasteiger partial charge on any atom is -0.268 e. The fourth-order valence-electron chi connectivity index (χ4n) is 3.05. The Balaban J connectivity index is 1.84. The topological polar surface area (TPSA) is 78.0 Å². The average molecular weight is 369 g/mol. The first-order valence-electron chi connectivity index (χ1n) is 8.62. The summed E-state index contributed by atoms with van der Waals surface area (Å²) < 4.78 is 1.48. The molecule has 6 nitrogen and oxygen atoms in total. The average Bonchev–Trinajstić information content (AvgIpc) is 3.19. The number of rotatable bonds is 4. The number of carbonyl (C=O) groups is 1. The Morgan fingerprint density at radius 3 is 1.96 bits per heavy atom. The number of aromatic nitrogens is 2. The molecule has 0 aliphatic carbocycles. The second kappa shape index (κ2) is 7.28. The number of nitro benzene ring substituents is 1. The second-order valence-electron chi connectivity index (χ2n) is 6.15. The summed E-state index contributed by atoms with van der Waals surface area (Å²) in [5.74, 6) is -0.302. The van der Waals surface area contributed by atoms with E-state index >= 15 is 0 Å². The van der Waals surface area contributed by atoms with E-state index in [0.717, 1.165) is 11.1 Å². The van der Waals surface area contributed by atoms with Crippen LogP contribution in [-0.4, -0.2) is 20.4 Å². The third kappa shape index (κ3) is 3.19. The van der Waals surface area contributed by atoms with Crippen LogP contribution in [0.4, 0.5) is 5.69 Å². The van der Waals surface area contributed by atoms with Crippen LogP contribution < -0.4 is 0 Å². The number of nitrogens with zero attached hydrogens (tertiary/aromatic N) is 3. The summed E-state index contributed by atoms with van der Waals surface area (Å²) in [7, 11) is 0. The lowest BCUT2D eigenvalue weighted by Crippen LogP contribution is -2.12. The second-order valence-corrected chi connectivity index (χ2v) is 6.15. The van der Waals surface area contributed by atoms with E-state index in [-0.39, 0.29) is 11.6 Å². The highest BCUT2D eigenvalue weighted by molar-refractivity contribution is 6.00. The summed E-state index contributed by atoms with van der Waals surface area (Å²) in [6, 6.07) is 24.7.